The third-order valence-corrected chi connectivity index (χ3v) is 5.51. The fraction of sp³-hybridized carbons (Fsp3) is 0.346. The van der Waals surface area contributed by atoms with Crippen molar-refractivity contribution in [3.05, 3.63) is 60.8 Å². The number of hydrogen-bond acceptors (Lipinski definition) is 4. The predicted octanol–water partition coefficient (Wildman–Crippen LogP) is 4.52. The van der Waals surface area contributed by atoms with Gasteiger partial charge in [-0.05, 0) is 31.9 Å². The van der Waals surface area contributed by atoms with Gasteiger partial charge in [-0.15, -0.1) is 0 Å². The van der Waals surface area contributed by atoms with Crippen LogP contribution in [0.2, 0.25) is 0 Å². The summed E-state index contributed by atoms with van der Waals surface area (Å²) >= 11 is 0. The van der Waals surface area contributed by atoms with Gasteiger partial charge in [0.15, 0.2) is 0 Å². The summed E-state index contributed by atoms with van der Waals surface area (Å²) < 4.78 is 7.49. The van der Waals surface area contributed by atoms with Crippen molar-refractivity contribution in [2.75, 3.05) is 18.5 Å². The average Bonchev–Trinajstić information content (AvgIpc) is 3.57. The van der Waals surface area contributed by atoms with E-state index in [0.29, 0.717) is 12.6 Å². The van der Waals surface area contributed by atoms with Crippen LogP contribution in [-0.2, 0) is 9.59 Å². The summed E-state index contributed by atoms with van der Waals surface area (Å²) in [4.78, 5) is 32.0. The lowest BCUT2D eigenvalue weighted by atomic mass is 10.2. The highest BCUT2D eigenvalue weighted by molar-refractivity contribution is 5.94. The minimum atomic E-state index is -0.261. The van der Waals surface area contributed by atoms with Crippen molar-refractivity contribution < 1.29 is 14.3 Å². The molecular weight excluding hydrogens is 416 g/mol. The van der Waals surface area contributed by atoms with Crippen LogP contribution in [0.5, 0.6) is 5.75 Å². The molecule has 1 saturated carbocycles. The van der Waals surface area contributed by atoms with E-state index in [0.717, 1.165) is 35.5 Å². The number of imidazole rings is 1. The number of rotatable bonds is 9. The van der Waals surface area contributed by atoms with Crippen LogP contribution in [0.25, 0.3) is 16.9 Å². The lowest BCUT2D eigenvalue weighted by Crippen LogP contribution is -2.41. The number of carbonyl (C=O) groups is 2. The molecule has 7 nitrogen and oxygen atoms in total. The van der Waals surface area contributed by atoms with Crippen LogP contribution in [0.1, 0.15) is 33.6 Å². The second-order valence-electron chi connectivity index (χ2n) is 8.52. The summed E-state index contributed by atoms with van der Waals surface area (Å²) in [6.07, 6.45) is 3.79. The van der Waals surface area contributed by atoms with Crippen LogP contribution >= 0.6 is 0 Å². The molecule has 0 aliphatic heterocycles. The summed E-state index contributed by atoms with van der Waals surface area (Å²) in [5.41, 5.74) is 2.51. The number of nitrogens with zero attached hydrogens (tertiary/aromatic N) is 3. The van der Waals surface area contributed by atoms with Gasteiger partial charge in [0.25, 0.3) is 0 Å². The Bertz CT molecular complexity index is 1120. The normalized spacial score (nSPS) is 13.1. The third kappa shape index (κ3) is 5.42. The second-order valence-corrected chi connectivity index (χ2v) is 8.52. The molecule has 172 valence electrons. The first kappa shape index (κ1) is 22.6. The molecule has 1 aromatic heterocycles. The minimum Gasteiger partial charge on any atom is -0.494 e. The number of nitrogens with one attached hydrogen (secondary N) is 1. The highest BCUT2D eigenvalue weighted by Gasteiger charge is 2.34. The highest BCUT2D eigenvalue weighted by Crippen LogP contribution is 2.29. The second kappa shape index (κ2) is 9.90. The Labute approximate surface area is 194 Å². The Morgan fingerprint density at radius 2 is 1.91 bits per heavy atom. The Kier molecular flexibility index (Phi) is 6.77. The third-order valence-electron chi connectivity index (χ3n) is 5.51. The summed E-state index contributed by atoms with van der Waals surface area (Å²) in [6.45, 7) is 6.24. The van der Waals surface area contributed by atoms with Crippen LogP contribution in [0.15, 0.2) is 60.8 Å². The zero-order valence-electron chi connectivity index (χ0n) is 19.3. The standard InChI is InChI=1S/C26H30N4O3/c1-4-33-22-12-8-11-21(15-22)30-16-23(19-9-6-5-7-10-19)27-26(30)28-24(31)17-29(20-13-14-20)25(32)18(2)3/h5-12,15-16,18,20H,4,13-14,17H2,1-3H3,(H,27,28,31). The van der Waals surface area contributed by atoms with Crippen molar-refractivity contribution in [2.45, 2.75) is 39.7 Å². The molecule has 4 rings (SSSR count). The Hall–Kier alpha value is -3.61. The van der Waals surface area contributed by atoms with Gasteiger partial charge in [-0.25, -0.2) is 4.98 Å². The number of amides is 2. The van der Waals surface area contributed by atoms with Gasteiger partial charge >= 0.3 is 0 Å². The average molecular weight is 447 g/mol. The van der Waals surface area contributed by atoms with Gasteiger partial charge in [-0.3, -0.25) is 19.5 Å². The highest BCUT2D eigenvalue weighted by atomic mass is 16.5. The topological polar surface area (TPSA) is 76.5 Å². The van der Waals surface area contributed by atoms with Gasteiger partial charge in [0.05, 0.1) is 18.0 Å². The molecule has 7 heteroatoms. The number of benzene rings is 2. The Morgan fingerprint density at radius 3 is 2.58 bits per heavy atom. The van der Waals surface area contributed by atoms with E-state index in [-0.39, 0.29) is 30.3 Å². The van der Waals surface area contributed by atoms with Gasteiger partial charge in [-0.1, -0.05) is 50.2 Å². The summed E-state index contributed by atoms with van der Waals surface area (Å²) in [7, 11) is 0. The minimum absolute atomic E-state index is 0.00498. The lowest BCUT2D eigenvalue weighted by molar-refractivity contribution is -0.138. The maximum atomic E-state index is 13.0. The first-order valence-electron chi connectivity index (χ1n) is 11.4. The number of ether oxygens (including phenoxy) is 1. The molecular formula is C26H30N4O3. The fourth-order valence-electron chi connectivity index (χ4n) is 3.73. The van der Waals surface area contributed by atoms with Crippen molar-refractivity contribution in [3.8, 4) is 22.7 Å². The van der Waals surface area contributed by atoms with E-state index in [1.54, 1.807) is 4.90 Å². The first-order valence-corrected chi connectivity index (χ1v) is 11.4. The molecule has 2 aromatic carbocycles. The van der Waals surface area contributed by atoms with E-state index >= 15 is 0 Å². The molecule has 33 heavy (non-hydrogen) atoms. The zero-order chi connectivity index (χ0) is 23.4. The van der Waals surface area contributed by atoms with Crippen LogP contribution in [0, 0.1) is 5.92 Å². The molecule has 1 heterocycles. The number of aromatic nitrogens is 2. The maximum absolute atomic E-state index is 13.0. The van der Waals surface area contributed by atoms with Crippen molar-refractivity contribution in [1.82, 2.24) is 14.5 Å². The van der Waals surface area contributed by atoms with Gasteiger partial charge in [0, 0.05) is 29.8 Å². The summed E-state index contributed by atoms with van der Waals surface area (Å²) in [5.74, 6) is 0.741. The molecule has 0 unspecified atom stereocenters. The van der Waals surface area contributed by atoms with Crippen molar-refractivity contribution >= 4 is 17.8 Å². The van der Waals surface area contributed by atoms with Crippen molar-refractivity contribution in [3.63, 3.8) is 0 Å². The molecule has 1 aliphatic rings. The summed E-state index contributed by atoms with van der Waals surface area (Å²) in [6, 6.07) is 17.6. The van der Waals surface area contributed by atoms with Gasteiger partial charge in [-0.2, -0.15) is 0 Å². The van der Waals surface area contributed by atoms with Crippen LogP contribution < -0.4 is 10.1 Å². The molecule has 0 spiro atoms. The predicted molar refractivity (Wildman–Crippen MR) is 128 cm³/mol. The monoisotopic (exact) mass is 446 g/mol. The Balaban J connectivity index is 1.63. The smallest absolute Gasteiger partial charge is 0.246 e. The van der Waals surface area contributed by atoms with Crippen molar-refractivity contribution in [1.29, 1.82) is 0 Å². The molecule has 2 amide bonds. The summed E-state index contributed by atoms with van der Waals surface area (Å²) in [5, 5.41) is 2.94. The van der Waals surface area contributed by atoms with Gasteiger partial charge in [0.1, 0.15) is 12.3 Å². The first-order chi connectivity index (χ1) is 16.0. The molecule has 0 radical (unpaired) electrons. The Morgan fingerprint density at radius 1 is 1.15 bits per heavy atom. The number of anilines is 1. The molecule has 0 atom stereocenters. The van der Waals surface area contributed by atoms with Crippen LogP contribution in [0.3, 0.4) is 0 Å². The van der Waals surface area contributed by atoms with E-state index in [9.17, 15) is 9.59 Å². The van der Waals surface area contributed by atoms with Gasteiger partial charge in [0.2, 0.25) is 17.8 Å². The van der Waals surface area contributed by atoms with E-state index in [4.69, 9.17) is 9.72 Å². The SMILES string of the molecule is CCOc1cccc(-n2cc(-c3ccccc3)nc2NC(=O)CN(C(=O)C(C)C)C2CC2)c1. The molecule has 0 bridgehead atoms. The molecule has 1 aliphatic carbocycles. The maximum Gasteiger partial charge on any atom is 0.246 e. The molecule has 1 fully saturated rings. The van der Waals surface area contributed by atoms with Crippen molar-refractivity contribution in [2.24, 2.45) is 5.92 Å². The largest absolute Gasteiger partial charge is 0.494 e. The fourth-order valence-corrected chi connectivity index (χ4v) is 3.73. The molecule has 3 aromatic rings. The van der Waals surface area contributed by atoms with Crippen LogP contribution in [0.4, 0.5) is 5.95 Å². The molecule has 0 saturated heterocycles. The number of carbonyl (C=O) groups excluding carboxylic acids is 2. The quantitative estimate of drug-likeness (QED) is 0.524. The van der Waals surface area contributed by atoms with E-state index in [2.05, 4.69) is 5.32 Å². The number of hydrogen-bond donors (Lipinski definition) is 1. The lowest BCUT2D eigenvalue weighted by Gasteiger charge is -2.23. The molecule has 1 N–H and O–H groups in total. The van der Waals surface area contributed by atoms with E-state index < -0.39 is 0 Å². The van der Waals surface area contributed by atoms with Gasteiger partial charge < -0.3 is 9.64 Å². The zero-order valence-corrected chi connectivity index (χ0v) is 19.3. The van der Waals surface area contributed by atoms with E-state index in [1.165, 1.54) is 0 Å². The van der Waals surface area contributed by atoms with Crippen LogP contribution in [-0.4, -0.2) is 45.5 Å². The van der Waals surface area contributed by atoms with E-state index in [1.807, 2.05) is 86.1 Å².